The molecule has 1 N–H and O–H groups in total. The van der Waals surface area contributed by atoms with Crippen LogP contribution in [0.5, 0.6) is 0 Å². The molecular weight excluding hydrogens is 206 g/mol. The summed E-state index contributed by atoms with van der Waals surface area (Å²) in [6.45, 7) is 8.01. The number of alkyl carbamates (subject to hydrolysis) is 1. The second-order valence-electron chi connectivity index (χ2n) is 5.43. The topological polar surface area (TPSA) is 47.6 Å². The zero-order valence-corrected chi connectivity index (χ0v) is 10.7. The Morgan fingerprint density at radius 3 is 2.38 bits per heavy atom. The van der Waals surface area contributed by atoms with E-state index >= 15 is 0 Å². The molecule has 0 bridgehead atoms. The van der Waals surface area contributed by atoms with E-state index in [1.165, 1.54) is 7.11 Å². The first-order chi connectivity index (χ1) is 7.45. The minimum atomic E-state index is -0.341. The van der Waals surface area contributed by atoms with E-state index in [0.717, 1.165) is 26.1 Å². The number of hydrogen-bond acceptors (Lipinski definition) is 3. The van der Waals surface area contributed by atoms with Gasteiger partial charge in [-0.2, -0.15) is 0 Å². The summed E-state index contributed by atoms with van der Waals surface area (Å²) in [4.78, 5) is 11.3. The average Bonchev–Trinajstić information content (AvgIpc) is 2.25. The molecule has 1 aliphatic heterocycles. The predicted octanol–water partition coefficient (Wildman–Crippen LogP) is 2.18. The Morgan fingerprint density at radius 1 is 1.38 bits per heavy atom. The minimum absolute atomic E-state index is 0.0379. The summed E-state index contributed by atoms with van der Waals surface area (Å²) in [6, 6.07) is 0.142. The number of nitrogens with one attached hydrogen (secondary N) is 1. The van der Waals surface area contributed by atoms with Gasteiger partial charge in [0.15, 0.2) is 0 Å². The lowest BCUT2D eigenvalue weighted by molar-refractivity contribution is 0.0341. The van der Waals surface area contributed by atoms with Gasteiger partial charge >= 0.3 is 6.09 Å². The largest absolute Gasteiger partial charge is 0.453 e. The summed E-state index contributed by atoms with van der Waals surface area (Å²) < 4.78 is 10.0. The minimum Gasteiger partial charge on any atom is -0.453 e. The van der Waals surface area contributed by atoms with Gasteiger partial charge < -0.3 is 14.8 Å². The van der Waals surface area contributed by atoms with E-state index in [-0.39, 0.29) is 17.6 Å². The summed E-state index contributed by atoms with van der Waals surface area (Å²) >= 11 is 0. The molecule has 4 nitrogen and oxygen atoms in total. The van der Waals surface area contributed by atoms with Crippen molar-refractivity contribution in [2.24, 2.45) is 11.3 Å². The summed E-state index contributed by atoms with van der Waals surface area (Å²) in [6.07, 6.45) is 1.67. The van der Waals surface area contributed by atoms with Gasteiger partial charge in [-0.1, -0.05) is 20.8 Å². The van der Waals surface area contributed by atoms with Crippen LogP contribution in [0.15, 0.2) is 0 Å². The molecular formula is C12H23NO3. The van der Waals surface area contributed by atoms with Gasteiger partial charge in [0.25, 0.3) is 0 Å². The Labute approximate surface area is 97.7 Å². The highest BCUT2D eigenvalue weighted by molar-refractivity contribution is 5.67. The molecule has 0 saturated carbocycles. The summed E-state index contributed by atoms with van der Waals surface area (Å²) in [7, 11) is 1.40. The Hall–Kier alpha value is -0.770. The SMILES string of the molecule is COC(=O)NC(C1CCOCC1)C(C)(C)C. The summed E-state index contributed by atoms with van der Waals surface area (Å²) in [5, 5.41) is 2.96. The predicted molar refractivity (Wildman–Crippen MR) is 62.3 cm³/mol. The Bertz CT molecular complexity index is 229. The van der Waals surface area contributed by atoms with Crippen molar-refractivity contribution >= 4 is 6.09 Å². The third-order valence-corrected chi connectivity index (χ3v) is 3.13. The second kappa shape index (κ2) is 5.53. The van der Waals surface area contributed by atoms with Gasteiger partial charge in [-0.05, 0) is 24.2 Å². The van der Waals surface area contributed by atoms with Gasteiger partial charge in [0.1, 0.15) is 0 Å². The highest BCUT2D eigenvalue weighted by Crippen LogP contribution is 2.31. The van der Waals surface area contributed by atoms with Crippen molar-refractivity contribution in [2.75, 3.05) is 20.3 Å². The molecule has 1 saturated heterocycles. The van der Waals surface area contributed by atoms with E-state index in [4.69, 9.17) is 4.74 Å². The van der Waals surface area contributed by atoms with E-state index < -0.39 is 0 Å². The molecule has 1 amide bonds. The lowest BCUT2D eigenvalue weighted by Crippen LogP contribution is -2.49. The van der Waals surface area contributed by atoms with E-state index in [1.54, 1.807) is 0 Å². The number of hydrogen-bond donors (Lipinski definition) is 1. The molecule has 1 atom stereocenters. The van der Waals surface area contributed by atoms with Crippen LogP contribution in [0.3, 0.4) is 0 Å². The fraction of sp³-hybridized carbons (Fsp3) is 0.917. The number of methoxy groups -OCH3 is 1. The second-order valence-corrected chi connectivity index (χ2v) is 5.43. The number of ether oxygens (including phenoxy) is 2. The highest BCUT2D eigenvalue weighted by atomic mass is 16.5. The van der Waals surface area contributed by atoms with Crippen molar-refractivity contribution in [1.82, 2.24) is 5.32 Å². The molecule has 94 valence electrons. The third-order valence-electron chi connectivity index (χ3n) is 3.13. The fourth-order valence-electron chi connectivity index (χ4n) is 2.28. The van der Waals surface area contributed by atoms with Gasteiger partial charge in [0, 0.05) is 19.3 Å². The Kier molecular flexibility index (Phi) is 4.59. The molecule has 0 radical (unpaired) electrons. The van der Waals surface area contributed by atoms with E-state index in [2.05, 4.69) is 30.8 Å². The van der Waals surface area contributed by atoms with Crippen LogP contribution in [0.25, 0.3) is 0 Å². The highest BCUT2D eigenvalue weighted by Gasteiger charge is 2.34. The van der Waals surface area contributed by atoms with E-state index in [9.17, 15) is 4.79 Å². The van der Waals surface area contributed by atoms with Gasteiger partial charge in [-0.3, -0.25) is 0 Å². The molecule has 1 fully saturated rings. The lowest BCUT2D eigenvalue weighted by Gasteiger charge is -2.39. The first-order valence-corrected chi connectivity index (χ1v) is 5.87. The molecule has 0 aromatic rings. The molecule has 0 aromatic heterocycles. The number of carbonyl (C=O) groups is 1. The first-order valence-electron chi connectivity index (χ1n) is 5.87. The molecule has 4 heteroatoms. The molecule has 1 unspecified atom stereocenters. The molecule has 0 aromatic carbocycles. The van der Waals surface area contributed by atoms with Crippen molar-refractivity contribution in [3.05, 3.63) is 0 Å². The maximum Gasteiger partial charge on any atom is 0.407 e. The summed E-state index contributed by atoms with van der Waals surface area (Å²) in [5.41, 5.74) is 0.0379. The van der Waals surface area contributed by atoms with Crippen LogP contribution in [0, 0.1) is 11.3 Å². The van der Waals surface area contributed by atoms with Crippen LogP contribution in [-0.2, 0) is 9.47 Å². The lowest BCUT2D eigenvalue weighted by atomic mass is 9.76. The van der Waals surface area contributed by atoms with E-state index in [0.29, 0.717) is 5.92 Å². The maximum atomic E-state index is 11.3. The molecule has 1 aliphatic rings. The average molecular weight is 229 g/mol. The zero-order chi connectivity index (χ0) is 12.2. The molecule has 0 spiro atoms. The third kappa shape index (κ3) is 3.67. The van der Waals surface area contributed by atoms with Crippen molar-refractivity contribution in [3.63, 3.8) is 0 Å². The maximum absolute atomic E-state index is 11.3. The van der Waals surface area contributed by atoms with Gasteiger partial charge in [0.05, 0.1) is 7.11 Å². The smallest absolute Gasteiger partial charge is 0.407 e. The van der Waals surface area contributed by atoms with Crippen molar-refractivity contribution in [1.29, 1.82) is 0 Å². The van der Waals surface area contributed by atoms with Crippen LogP contribution < -0.4 is 5.32 Å². The van der Waals surface area contributed by atoms with Crippen LogP contribution in [0.4, 0.5) is 4.79 Å². The monoisotopic (exact) mass is 229 g/mol. The fourth-order valence-corrected chi connectivity index (χ4v) is 2.28. The molecule has 0 aliphatic carbocycles. The summed E-state index contributed by atoms with van der Waals surface area (Å²) in [5.74, 6) is 0.479. The van der Waals surface area contributed by atoms with Crippen LogP contribution >= 0.6 is 0 Å². The van der Waals surface area contributed by atoms with Gasteiger partial charge in [-0.15, -0.1) is 0 Å². The Morgan fingerprint density at radius 2 is 1.94 bits per heavy atom. The van der Waals surface area contributed by atoms with E-state index in [1.807, 2.05) is 0 Å². The van der Waals surface area contributed by atoms with Crippen molar-refractivity contribution < 1.29 is 14.3 Å². The van der Waals surface area contributed by atoms with Crippen LogP contribution in [0.2, 0.25) is 0 Å². The number of rotatable bonds is 2. The number of amides is 1. The number of carbonyl (C=O) groups excluding carboxylic acids is 1. The normalized spacial score (nSPS) is 20.2. The van der Waals surface area contributed by atoms with Gasteiger partial charge in [-0.25, -0.2) is 4.79 Å². The van der Waals surface area contributed by atoms with Gasteiger partial charge in [0.2, 0.25) is 0 Å². The standard InChI is InChI=1S/C12H23NO3/c1-12(2,3)10(13-11(14)15-4)9-5-7-16-8-6-9/h9-10H,5-8H2,1-4H3,(H,13,14). The van der Waals surface area contributed by atoms with Crippen molar-refractivity contribution in [2.45, 2.75) is 39.7 Å². The molecule has 1 heterocycles. The van der Waals surface area contributed by atoms with Crippen LogP contribution in [0.1, 0.15) is 33.6 Å². The molecule has 16 heavy (non-hydrogen) atoms. The first kappa shape index (κ1) is 13.3. The zero-order valence-electron chi connectivity index (χ0n) is 10.7. The van der Waals surface area contributed by atoms with Crippen LogP contribution in [-0.4, -0.2) is 32.5 Å². The Balaban J connectivity index is 2.66. The molecule has 1 rings (SSSR count). The quantitative estimate of drug-likeness (QED) is 0.789. The van der Waals surface area contributed by atoms with Crippen molar-refractivity contribution in [3.8, 4) is 0 Å².